The molecule has 0 aromatic rings. The molecule has 2 aliphatic rings. The summed E-state index contributed by atoms with van der Waals surface area (Å²) in [4.78, 5) is 22.7. The molecule has 1 heterocycles. The van der Waals surface area contributed by atoms with Crippen LogP contribution in [0.2, 0.25) is 0 Å². The summed E-state index contributed by atoms with van der Waals surface area (Å²) in [6, 6.07) is 0. The highest BCUT2D eigenvalue weighted by Gasteiger charge is 2.45. The number of rotatable bonds is 1. The largest absolute Gasteiger partial charge is 0.461 e. The Labute approximate surface area is 113 Å². The van der Waals surface area contributed by atoms with E-state index in [9.17, 15) is 14.7 Å². The fourth-order valence-corrected chi connectivity index (χ4v) is 2.89. The van der Waals surface area contributed by atoms with Crippen LogP contribution in [0.25, 0.3) is 0 Å². The van der Waals surface area contributed by atoms with Gasteiger partial charge >= 0.3 is 5.97 Å². The number of hydrogen-bond acceptors (Lipinski definition) is 4. The van der Waals surface area contributed by atoms with Gasteiger partial charge in [0.2, 0.25) is 0 Å². The van der Waals surface area contributed by atoms with E-state index in [-0.39, 0.29) is 17.8 Å². The second-order valence-electron chi connectivity index (χ2n) is 5.48. The lowest BCUT2D eigenvalue weighted by molar-refractivity contribution is -0.144. The lowest BCUT2D eigenvalue weighted by Gasteiger charge is -2.24. The summed E-state index contributed by atoms with van der Waals surface area (Å²) < 4.78 is 5.32. The first kappa shape index (κ1) is 14.0. The molecule has 0 aromatic carbocycles. The summed E-state index contributed by atoms with van der Waals surface area (Å²) in [6.07, 6.45) is 5.41. The summed E-state index contributed by atoms with van der Waals surface area (Å²) in [5.74, 6) is -0.898. The number of ether oxygens (including phenoxy) is 1. The van der Waals surface area contributed by atoms with Crippen molar-refractivity contribution in [3.8, 4) is 0 Å². The summed E-state index contributed by atoms with van der Waals surface area (Å²) in [6.45, 7) is 3.73. The fourth-order valence-electron chi connectivity index (χ4n) is 2.89. The molecule has 19 heavy (non-hydrogen) atoms. The van der Waals surface area contributed by atoms with E-state index in [1.165, 1.54) is 0 Å². The van der Waals surface area contributed by atoms with Crippen LogP contribution in [0.15, 0.2) is 23.3 Å². The molecule has 1 fully saturated rings. The molecule has 1 N–H and O–H groups in total. The minimum atomic E-state index is -0.697. The van der Waals surface area contributed by atoms with Gasteiger partial charge < -0.3 is 9.84 Å². The molecule has 2 rings (SSSR count). The lowest BCUT2D eigenvalue weighted by Crippen LogP contribution is -2.31. The molecule has 1 saturated heterocycles. The Morgan fingerprint density at radius 1 is 1.47 bits per heavy atom. The van der Waals surface area contributed by atoms with Crippen LogP contribution in [-0.2, 0) is 14.3 Å². The Hall–Kier alpha value is -1.42. The minimum absolute atomic E-state index is 0.274. The molecule has 0 spiro atoms. The highest BCUT2D eigenvalue weighted by atomic mass is 16.6. The highest BCUT2D eigenvalue weighted by molar-refractivity contribution is 5.76. The fraction of sp³-hybridized carbons (Fsp3) is 0.600. The van der Waals surface area contributed by atoms with Gasteiger partial charge in [0.15, 0.2) is 0 Å². The van der Waals surface area contributed by atoms with Gasteiger partial charge in [-0.3, -0.25) is 9.59 Å². The smallest absolute Gasteiger partial charge is 0.309 e. The first-order chi connectivity index (χ1) is 9.02. The number of aliphatic hydroxyl groups is 1. The third-order valence-electron chi connectivity index (χ3n) is 4.03. The number of carbonyl (C=O) groups excluding carboxylic acids is 2. The maximum Gasteiger partial charge on any atom is 0.309 e. The molecular weight excluding hydrogens is 244 g/mol. The van der Waals surface area contributed by atoms with Gasteiger partial charge in [0, 0.05) is 12.3 Å². The first-order valence-corrected chi connectivity index (χ1v) is 6.73. The van der Waals surface area contributed by atoms with Crippen molar-refractivity contribution in [3.63, 3.8) is 0 Å². The van der Waals surface area contributed by atoms with Crippen molar-refractivity contribution in [3.05, 3.63) is 23.3 Å². The lowest BCUT2D eigenvalue weighted by atomic mass is 9.82. The zero-order valence-electron chi connectivity index (χ0n) is 11.3. The predicted octanol–water partition coefficient (Wildman–Crippen LogP) is 1.78. The van der Waals surface area contributed by atoms with E-state index < -0.39 is 12.2 Å². The minimum Gasteiger partial charge on any atom is -0.461 e. The van der Waals surface area contributed by atoms with Crippen LogP contribution in [0.5, 0.6) is 0 Å². The van der Waals surface area contributed by atoms with Crippen LogP contribution in [-0.4, -0.2) is 29.6 Å². The van der Waals surface area contributed by atoms with Crippen LogP contribution < -0.4 is 0 Å². The second-order valence-corrected chi connectivity index (χ2v) is 5.48. The van der Waals surface area contributed by atoms with Crippen molar-refractivity contribution in [2.24, 2.45) is 11.8 Å². The molecule has 0 amide bonds. The quantitative estimate of drug-likeness (QED) is 0.445. The highest BCUT2D eigenvalue weighted by Crippen LogP contribution is 2.35. The van der Waals surface area contributed by atoms with Gasteiger partial charge in [-0.05, 0) is 25.3 Å². The van der Waals surface area contributed by atoms with Crippen molar-refractivity contribution in [2.45, 2.75) is 45.3 Å². The van der Waals surface area contributed by atoms with E-state index >= 15 is 0 Å². The Morgan fingerprint density at radius 3 is 2.89 bits per heavy atom. The molecule has 4 heteroatoms. The topological polar surface area (TPSA) is 63.6 Å². The standard InChI is InChI=1S/C15H20O4/c1-9-4-3-5-11(8-16)7-13-14(12(17)6-9)10(2)15(18)19-13/h5-6,8,10,12-14,17H,3-4,7H2,1-2H3. The molecular formula is C15H20O4. The van der Waals surface area contributed by atoms with Crippen molar-refractivity contribution < 1.29 is 19.4 Å². The molecule has 4 unspecified atom stereocenters. The molecule has 0 radical (unpaired) electrons. The third-order valence-corrected chi connectivity index (χ3v) is 4.03. The zero-order valence-corrected chi connectivity index (χ0v) is 11.3. The van der Waals surface area contributed by atoms with Gasteiger partial charge in [-0.15, -0.1) is 0 Å². The van der Waals surface area contributed by atoms with E-state index in [0.717, 1.165) is 24.7 Å². The van der Waals surface area contributed by atoms with Gasteiger partial charge in [-0.25, -0.2) is 0 Å². The summed E-state index contributed by atoms with van der Waals surface area (Å²) in [5.41, 5.74) is 1.72. The van der Waals surface area contributed by atoms with Crippen molar-refractivity contribution in [1.29, 1.82) is 0 Å². The van der Waals surface area contributed by atoms with Gasteiger partial charge in [0.25, 0.3) is 0 Å². The maximum absolute atomic E-state index is 11.7. The second kappa shape index (κ2) is 5.70. The van der Waals surface area contributed by atoms with Crippen molar-refractivity contribution >= 4 is 12.3 Å². The number of allylic oxidation sites excluding steroid dienone is 2. The summed E-state index contributed by atoms with van der Waals surface area (Å²) in [5, 5.41) is 10.3. The average Bonchev–Trinajstić information content (AvgIpc) is 2.63. The molecule has 104 valence electrons. The zero-order chi connectivity index (χ0) is 14.0. The predicted molar refractivity (Wildman–Crippen MR) is 70.3 cm³/mol. The maximum atomic E-state index is 11.7. The van der Waals surface area contributed by atoms with Crippen molar-refractivity contribution in [1.82, 2.24) is 0 Å². The summed E-state index contributed by atoms with van der Waals surface area (Å²) in [7, 11) is 0. The van der Waals surface area contributed by atoms with Gasteiger partial charge in [0.1, 0.15) is 12.4 Å². The number of esters is 1. The third kappa shape index (κ3) is 2.95. The van der Waals surface area contributed by atoms with E-state index in [1.807, 2.05) is 19.1 Å². The van der Waals surface area contributed by atoms with E-state index in [0.29, 0.717) is 12.0 Å². The SMILES string of the molecule is CC1=CC(O)C2C(CC(C=O)=CCC1)OC(=O)C2C. The Kier molecular flexibility index (Phi) is 4.20. The van der Waals surface area contributed by atoms with E-state index in [1.54, 1.807) is 6.92 Å². The number of fused-ring (bicyclic) bond motifs is 1. The van der Waals surface area contributed by atoms with Crippen LogP contribution >= 0.6 is 0 Å². The monoisotopic (exact) mass is 264 g/mol. The van der Waals surface area contributed by atoms with Gasteiger partial charge in [-0.1, -0.05) is 24.6 Å². The van der Waals surface area contributed by atoms with Crippen LogP contribution in [0, 0.1) is 11.8 Å². The molecule has 1 aliphatic heterocycles. The number of aldehydes is 1. The Balaban J connectivity index is 2.32. The number of aliphatic hydroxyl groups excluding tert-OH is 1. The van der Waals surface area contributed by atoms with E-state index in [4.69, 9.17) is 4.74 Å². The van der Waals surface area contributed by atoms with E-state index in [2.05, 4.69) is 0 Å². The normalized spacial score (nSPS) is 35.8. The van der Waals surface area contributed by atoms with Crippen LogP contribution in [0.1, 0.15) is 33.1 Å². The average molecular weight is 264 g/mol. The number of carbonyl (C=O) groups is 2. The molecule has 4 atom stereocenters. The molecule has 1 aliphatic carbocycles. The van der Waals surface area contributed by atoms with Crippen LogP contribution in [0.3, 0.4) is 0 Å². The Bertz CT molecular complexity index is 435. The number of hydrogen-bond donors (Lipinski definition) is 1. The molecule has 0 bridgehead atoms. The van der Waals surface area contributed by atoms with Gasteiger partial charge in [-0.2, -0.15) is 0 Å². The van der Waals surface area contributed by atoms with Crippen molar-refractivity contribution in [2.75, 3.05) is 0 Å². The first-order valence-electron chi connectivity index (χ1n) is 6.73. The molecule has 0 aromatic heterocycles. The molecule has 4 nitrogen and oxygen atoms in total. The molecule has 0 saturated carbocycles. The Morgan fingerprint density at radius 2 is 2.21 bits per heavy atom. The van der Waals surface area contributed by atoms with Gasteiger partial charge in [0.05, 0.1) is 12.0 Å². The summed E-state index contributed by atoms with van der Waals surface area (Å²) >= 11 is 0. The van der Waals surface area contributed by atoms with Crippen LogP contribution in [0.4, 0.5) is 0 Å².